The molecule has 0 bridgehead atoms. The maximum atomic E-state index is 12.6. The highest BCUT2D eigenvalue weighted by atomic mass is 31.1. The first-order valence-corrected chi connectivity index (χ1v) is 24.2. The van der Waals surface area contributed by atoms with Gasteiger partial charge in [-0.15, -0.1) is 0 Å². The maximum Gasteiger partial charge on any atom is 0.327 e. The predicted octanol–water partition coefficient (Wildman–Crippen LogP) is 5.80. The van der Waals surface area contributed by atoms with Gasteiger partial charge >= 0.3 is 8.69 Å². The number of allylic oxidation sites excluding steroid dienone is 7. The summed E-state index contributed by atoms with van der Waals surface area (Å²) in [5.74, 6) is -3.02. The number of rotatable bonds is 26. The Morgan fingerprint density at radius 2 is 1.79 bits per heavy atom. The zero-order valence-corrected chi connectivity index (χ0v) is 43.1. The Bertz CT molecular complexity index is 1960. The van der Waals surface area contributed by atoms with Crippen molar-refractivity contribution in [1.82, 2.24) is 15.2 Å². The SMILES string of the molecule is COC[C@@H]([C@H](O)[C@H](O)C(=O)NCC[C@H](C)c1nc(/C=C/C[C@@H]2O[C@]3(C[C@@H](O)[C@@H]2C)O[C@H]([C@H](C[C@H](O)[C@H](C)[C@H](O)[C@H](C)/C=C(C)/C(C)=C/C=C/C(C)=C\C#N)OC)[C@H](OP=O)C3(C)C)co1)N(C)C. The number of amides is 1. The molecule has 0 unspecified atom stereocenters. The molecule has 2 aliphatic heterocycles. The van der Waals surface area contributed by atoms with E-state index in [2.05, 4.69) is 10.3 Å². The summed E-state index contributed by atoms with van der Waals surface area (Å²) in [6.45, 7) is 17.3. The van der Waals surface area contributed by atoms with Gasteiger partial charge < -0.3 is 59.1 Å². The standard InChI is InChI=1S/C50H79N4O13P/c1-29(20-22-51)16-14-17-30(2)32(4)24-33(5)42(57)35(7)38(55)25-41(63-13)45-46(67-68-61)49(8,9)50(66-45)26-39(56)34(6)40(65-50)19-15-18-36-27-64-48(53-36)31(3)21-23-52-47(60)44(59)43(58)37(28-62-12)54(10)11/h14-18,20,24,27,31,33-35,37-46,55-59H,19,21,23,25-26,28H2,1-13H3,(H,52,60)/b16-14+,18-15+,29-20-,30-17+,32-24+/t31-,33+,34-,35-,37-,38-,39+,40-,41-,42+,43-,44-,45+,46-,50+/m0/s1. The van der Waals surface area contributed by atoms with Crippen LogP contribution in [-0.4, -0.2) is 150 Å². The quantitative estimate of drug-likeness (QED) is 0.0365. The van der Waals surface area contributed by atoms with Crippen LogP contribution in [0.3, 0.4) is 0 Å². The minimum absolute atomic E-state index is 0.0495. The molecule has 15 atom stereocenters. The molecule has 2 aliphatic rings. The van der Waals surface area contributed by atoms with Crippen LogP contribution in [0.1, 0.15) is 105 Å². The first kappa shape index (κ1) is 58.8. The van der Waals surface area contributed by atoms with Gasteiger partial charge in [0.2, 0.25) is 0 Å². The van der Waals surface area contributed by atoms with E-state index in [9.17, 15) is 34.9 Å². The zero-order chi connectivity index (χ0) is 51.1. The van der Waals surface area contributed by atoms with E-state index in [0.717, 1.165) is 16.7 Å². The fourth-order valence-electron chi connectivity index (χ4n) is 8.86. The molecule has 2 fully saturated rings. The topological polar surface area (TPSA) is 247 Å². The highest BCUT2D eigenvalue weighted by Crippen LogP contribution is 2.56. The normalized spacial score (nSPS) is 27.9. The van der Waals surface area contributed by atoms with Crippen molar-refractivity contribution in [1.29, 1.82) is 5.26 Å². The van der Waals surface area contributed by atoms with Crippen molar-refractivity contribution >= 4 is 20.7 Å². The van der Waals surface area contributed by atoms with Gasteiger partial charge in [-0.1, -0.05) is 77.5 Å². The molecule has 68 heavy (non-hydrogen) atoms. The van der Waals surface area contributed by atoms with Gasteiger partial charge in [-0.05, 0) is 64.9 Å². The van der Waals surface area contributed by atoms with Crippen LogP contribution in [0.4, 0.5) is 0 Å². The molecule has 2 saturated heterocycles. The van der Waals surface area contributed by atoms with Crippen LogP contribution in [0.5, 0.6) is 0 Å². The third-order valence-electron chi connectivity index (χ3n) is 13.9. The average Bonchev–Trinajstić information content (AvgIpc) is 3.84. The summed E-state index contributed by atoms with van der Waals surface area (Å²) in [6, 6.07) is 1.43. The minimum atomic E-state index is -1.64. The largest absolute Gasteiger partial charge is 0.448 e. The molecule has 1 amide bonds. The van der Waals surface area contributed by atoms with E-state index in [-0.39, 0.29) is 43.7 Å². The van der Waals surface area contributed by atoms with Crippen LogP contribution < -0.4 is 5.32 Å². The minimum Gasteiger partial charge on any atom is -0.448 e. The molecule has 0 aliphatic carbocycles. The van der Waals surface area contributed by atoms with Crippen molar-refractivity contribution in [2.45, 2.75) is 161 Å². The van der Waals surface area contributed by atoms with E-state index < -0.39 is 92.7 Å². The lowest BCUT2D eigenvalue weighted by Crippen LogP contribution is -2.58. The first-order chi connectivity index (χ1) is 32.0. The highest BCUT2D eigenvalue weighted by Gasteiger charge is 2.67. The Hall–Kier alpha value is -3.47. The number of aliphatic hydroxyl groups is 5. The molecule has 18 heteroatoms. The average molecular weight is 975 g/mol. The molecule has 382 valence electrons. The van der Waals surface area contributed by atoms with Crippen molar-refractivity contribution in [3.8, 4) is 6.07 Å². The first-order valence-electron chi connectivity index (χ1n) is 23.4. The van der Waals surface area contributed by atoms with E-state index in [1.807, 2.05) is 91.8 Å². The van der Waals surface area contributed by atoms with Crippen LogP contribution in [-0.2, 0) is 32.8 Å². The number of aromatic nitrogens is 1. The smallest absolute Gasteiger partial charge is 0.327 e. The molecule has 1 spiro atoms. The monoisotopic (exact) mass is 975 g/mol. The molecule has 0 saturated carbocycles. The van der Waals surface area contributed by atoms with Crippen LogP contribution >= 0.6 is 8.69 Å². The number of likely N-dealkylation sites (N-methyl/N-ethyl adjacent to an activating group) is 1. The highest BCUT2D eigenvalue weighted by molar-refractivity contribution is 7.17. The lowest BCUT2D eigenvalue weighted by Gasteiger charge is -2.49. The molecule has 3 rings (SSSR count). The summed E-state index contributed by atoms with van der Waals surface area (Å²) < 4.78 is 48.4. The lowest BCUT2D eigenvalue weighted by atomic mass is 9.72. The zero-order valence-electron chi connectivity index (χ0n) is 42.2. The van der Waals surface area contributed by atoms with E-state index in [4.69, 9.17) is 33.2 Å². The predicted molar refractivity (Wildman–Crippen MR) is 258 cm³/mol. The van der Waals surface area contributed by atoms with E-state index >= 15 is 0 Å². The van der Waals surface area contributed by atoms with Crippen LogP contribution in [0.2, 0.25) is 0 Å². The maximum absolute atomic E-state index is 12.6. The number of carbonyl (C=O) groups is 1. The summed E-state index contributed by atoms with van der Waals surface area (Å²) in [5.41, 5.74) is 2.37. The van der Waals surface area contributed by atoms with Gasteiger partial charge in [0.25, 0.3) is 5.91 Å². The van der Waals surface area contributed by atoms with Crippen molar-refractivity contribution in [3.05, 3.63) is 71.0 Å². The Kier molecular flexibility index (Phi) is 23.6. The second-order valence-corrected chi connectivity index (χ2v) is 19.8. The Morgan fingerprint density at radius 1 is 1.10 bits per heavy atom. The number of nitrogens with one attached hydrogen (secondary N) is 1. The van der Waals surface area contributed by atoms with Gasteiger partial charge in [0.1, 0.15) is 30.3 Å². The fourth-order valence-corrected chi connectivity index (χ4v) is 9.34. The van der Waals surface area contributed by atoms with Gasteiger partial charge in [-0.25, -0.2) is 9.55 Å². The van der Waals surface area contributed by atoms with Gasteiger partial charge in [0.05, 0.1) is 49.2 Å². The molecule has 0 aromatic carbocycles. The third-order valence-corrected chi connectivity index (χ3v) is 14.2. The number of methoxy groups -OCH3 is 2. The van der Waals surface area contributed by atoms with Crippen LogP contribution in [0, 0.1) is 34.5 Å². The molecule has 6 N–H and O–H groups in total. The summed E-state index contributed by atoms with van der Waals surface area (Å²) in [5, 5.41) is 67.1. The van der Waals surface area contributed by atoms with E-state index in [0.29, 0.717) is 24.4 Å². The third kappa shape index (κ3) is 15.3. The van der Waals surface area contributed by atoms with Crippen molar-refractivity contribution in [2.24, 2.45) is 23.2 Å². The summed E-state index contributed by atoms with van der Waals surface area (Å²) in [6.07, 6.45) is 6.43. The summed E-state index contributed by atoms with van der Waals surface area (Å²) in [4.78, 5) is 18.9. The van der Waals surface area contributed by atoms with Gasteiger partial charge in [-0.2, -0.15) is 5.26 Å². The summed E-state index contributed by atoms with van der Waals surface area (Å²) >= 11 is 0. The lowest BCUT2D eigenvalue weighted by molar-refractivity contribution is -0.334. The summed E-state index contributed by atoms with van der Waals surface area (Å²) in [7, 11) is 5.83. The second-order valence-electron chi connectivity index (χ2n) is 19.5. The van der Waals surface area contributed by atoms with Crippen molar-refractivity contribution in [2.75, 3.05) is 41.5 Å². The van der Waals surface area contributed by atoms with E-state index in [1.54, 1.807) is 32.0 Å². The van der Waals surface area contributed by atoms with Crippen LogP contribution in [0.25, 0.3) is 6.08 Å². The van der Waals surface area contributed by atoms with Gasteiger partial charge in [-0.3, -0.25) is 9.32 Å². The second kappa shape index (κ2) is 27.2. The molecule has 0 radical (unpaired) electrons. The Labute approximate surface area is 405 Å². The number of aliphatic hydroxyl groups excluding tert-OH is 5. The number of carbonyl (C=O) groups excluding carboxylic acids is 1. The fraction of sp³-hybridized carbons (Fsp3) is 0.700. The Morgan fingerprint density at radius 3 is 2.41 bits per heavy atom. The number of hydrogen-bond acceptors (Lipinski definition) is 16. The molecule has 1 aromatic heterocycles. The Balaban J connectivity index is 1.69. The number of nitriles is 1. The molecule has 17 nitrogen and oxygen atoms in total. The molecular formula is C50H79N4O13P. The number of ether oxygens (including phenoxy) is 4. The van der Waals surface area contributed by atoms with E-state index in [1.165, 1.54) is 26.6 Å². The number of hydrogen-bond donors (Lipinski definition) is 6. The molecular weight excluding hydrogens is 896 g/mol. The number of oxazole rings is 1. The van der Waals surface area contributed by atoms with Gasteiger partial charge in [0.15, 0.2) is 17.8 Å². The molecule has 1 aromatic rings. The van der Waals surface area contributed by atoms with Crippen molar-refractivity contribution < 1.29 is 62.8 Å². The number of nitrogens with zero attached hydrogens (tertiary/aromatic N) is 3. The van der Waals surface area contributed by atoms with Crippen LogP contribution in [0.15, 0.2) is 63.9 Å². The van der Waals surface area contributed by atoms with Crippen molar-refractivity contribution in [3.63, 3.8) is 0 Å². The molecule has 3 heterocycles. The van der Waals surface area contributed by atoms with Gasteiger partial charge in [0, 0.05) is 68.8 Å².